The molecule has 0 spiro atoms. The quantitative estimate of drug-likeness (QED) is 0.898. The van der Waals surface area contributed by atoms with E-state index >= 15 is 0 Å². The molecule has 1 aliphatic rings. The van der Waals surface area contributed by atoms with Gasteiger partial charge in [0.15, 0.2) is 0 Å². The Balaban J connectivity index is 2.04. The lowest BCUT2D eigenvalue weighted by Gasteiger charge is -2.17. The van der Waals surface area contributed by atoms with Crippen LogP contribution in [0.25, 0.3) is 11.3 Å². The third kappa shape index (κ3) is 2.14. The second kappa shape index (κ2) is 5.08. The van der Waals surface area contributed by atoms with Crippen molar-refractivity contribution in [2.75, 3.05) is 11.9 Å². The van der Waals surface area contributed by atoms with E-state index in [0.717, 1.165) is 13.0 Å². The summed E-state index contributed by atoms with van der Waals surface area (Å²) in [7, 11) is 0. The van der Waals surface area contributed by atoms with Crippen molar-refractivity contribution in [2.45, 2.75) is 39.2 Å². The highest BCUT2D eigenvalue weighted by molar-refractivity contribution is 5.79. The number of anilines is 1. The van der Waals surface area contributed by atoms with Crippen LogP contribution in [0.15, 0.2) is 30.7 Å². The van der Waals surface area contributed by atoms with Gasteiger partial charge in [0.1, 0.15) is 0 Å². The number of fused-ring (bicyclic) bond motifs is 1. The van der Waals surface area contributed by atoms with E-state index in [1.54, 1.807) is 0 Å². The van der Waals surface area contributed by atoms with Gasteiger partial charge in [0, 0.05) is 23.8 Å². The first kappa shape index (κ1) is 12.3. The Morgan fingerprint density at radius 1 is 1.42 bits per heavy atom. The van der Waals surface area contributed by atoms with Crippen LogP contribution in [0.2, 0.25) is 0 Å². The Bertz CT molecular complexity index is 571. The van der Waals surface area contributed by atoms with Crippen LogP contribution in [0.5, 0.6) is 0 Å². The van der Waals surface area contributed by atoms with Crippen molar-refractivity contribution in [3.63, 3.8) is 0 Å². The number of hydrogen-bond donors (Lipinski definition) is 1. The number of para-hydroxylation sites is 1. The van der Waals surface area contributed by atoms with E-state index in [2.05, 4.69) is 46.9 Å². The fourth-order valence-electron chi connectivity index (χ4n) is 2.97. The van der Waals surface area contributed by atoms with E-state index in [1.807, 2.05) is 12.5 Å². The molecule has 1 aliphatic heterocycles. The van der Waals surface area contributed by atoms with Crippen molar-refractivity contribution in [3.05, 3.63) is 36.3 Å². The fourth-order valence-corrected chi connectivity index (χ4v) is 2.97. The SMILES string of the molecule is CCCC(C)n1cncc1-c1cccc2c1NCC2. The molecule has 0 fully saturated rings. The molecule has 1 N–H and O–H groups in total. The van der Waals surface area contributed by atoms with Crippen molar-refractivity contribution in [2.24, 2.45) is 0 Å². The summed E-state index contributed by atoms with van der Waals surface area (Å²) in [5, 5.41) is 3.51. The molecule has 0 saturated heterocycles. The van der Waals surface area contributed by atoms with Gasteiger partial charge < -0.3 is 9.88 Å². The maximum atomic E-state index is 4.36. The molecule has 2 heterocycles. The fraction of sp³-hybridized carbons (Fsp3) is 0.438. The van der Waals surface area contributed by atoms with Gasteiger partial charge >= 0.3 is 0 Å². The summed E-state index contributed by atoms with van der Waals surface area (Å²) in [6, 6.07) is 7.07. The zero-order valence-electron chi connectivity index (χ0n) is 11.7. The highest BCUT2D eigenvalue weighted by Crippen LogP contribution is 2.35. The van der Waals surface area contributed by atoms with E-state index in [9.17, 15) is 0 Å². The molecule has 3 heteroatoms. The van der Waals surface area contributed by atoms with Gasteiger partial charge in [-0.15, -0.1) is 0 Å². The van der Waals surface area contributed by atoms with Crippen molar-refractivity contribution in [1.82, 2.24) is 9.55 Å². The number of imidazole rings is 1. The van der Waals surface area contributed by atoms with Gasteiger partial charge in [-0.25, -0.2) is 4.98 Å². The highest BCUT2D eigenvalue weighted by atomic mass is 15.1. The average molecular weight is 255 g/mol. The first-order valence-corrected chi connectivity index (χ1v) is 7.19. The minimum atomic E-state index is 0.500. The van der Waals surface area contributed by atoms with Gasteiger partial charge in [-0.2, -0.15) is 0 Å². The predicted molar refractivity (Wildman–Crippen MR) is 79.5 cm³/mol. The minimum absolute atomic E-state index is 0.500. The number of nitrogens with zero attached hydrogens (tertiary/aromatic N) is 2. The van der Waals surface area contributed by atoms with E-state index in [-0.39, 0.29) is 0 Å². The van der Waals surface area contributed by atoms with E-state index in [4.69, 9.17) is 0 Å². The summed E-state index contributed by atoms with van der Waals surface area (Å²) in [4.78, 5) is 4.36. The molecular weight excluding hydrogens is 234 g/mol. The molecule has 100 valence electrons. The average Bonchev–Trinajstić information content (AvgIpc) is 3.07. The first-order valence-electron chi connectivity index (χ1n) is 7.19. The third-order valence-electron chi connectivity index (χ3n) is 3.97. The Labute approximate surface area is 114 Å². The Kier molecular flexibility index (Phi) is 3.28. The molecule has 2 aromatic rings. The summed E-state index contributed by atoms with van der Waals surface area (Å²) in [6.07, 6.45) is 7.46. The zero-order chi connectivity index (χ0) is 13.2. The van der Waals surface area contributed by atoms with Crippen molar-refractivity contribution >= 4 is 5.69 Å². The molecule has 1 unspecified atom stereocenters. The van der Waals surface area contributed by atoms with Crippen LogP contribution in [0.4, 0.5) is 5.69 Å². The van der Waals surface area contributed by atoms with Gasteiger partial charge in [0.25, 0.3) is 0 Å². The lowest BCUT2D eigenvalue weighted by molar-refractivity contribution is 0.504. The van der Waals surface area contributed by atoms with Gasteiger partial charge in [-0.3, -0.25) is 0 Å². The minimum Gasteiger partial charge on any atom is -0.384 e. The number of nitrogens with one attached hydrogen (secondary N) is 1. The van der Waals surface area contributed by atoms with Gasteiger partial charge in [0.05, 0.1) is 18.2 Å². The topological polar surface area (TPSA) is 29.9 Å². The number of rotatable bonds is 4. The molecule has 0 radical (unpaired) electrons. The standard InChI is InChI=1S/C16H21N3/c1-3-5-12(2)19-11-17-10-15(19)14-7-4-6-13-8-9-18-16(13)14/h4,6-7,10-12,18H,3,5,8-9H2,1-2H3. The molecule has 1 aromatic heterocycles. The predicted octanol–water partition coefficient (Wildman–Crippen LogP) is 3.88. The number of aromatic nitrogens is 2. The van der Waals surface area contributed by atoms with Crippen molar-refractivity contribution < 1.29 is 0 Å². The summed E-state index contributed by atoms with van der Waals surface area (Å²) in [5.74, 6) is 0. The molecule has 1 atom stereocenters. The van der Waals surface area contributed by atoms with Gasteiger partial charge in [0.2, 0.25) is 0 Å². The second-order valence-electron chi connectivity index (χ2n) is 5.34. The van der Waals surface area contributed by atoms with Crippen molar-refractivity contribution in [1.29, 1.82) is 0 Å². The lowest BCUT2D eigenvalue weighted by atomic mass is 10.0. The van der Waals surface area contributed by atoms with Crippen LogP contribution in [0.1, 0.15) is 38.3 Å². The van der Waals surface area contributed by atoms with Crippen molar-refractivity contribution in [3.8, 4) is 11.3 Å². The number of hydrogen-bond acceptors (Lipinski definition) is 2. The Morgan fingerprint density at radius 3 is 3.16 bits per heavy atom. The van der Waals surface area contributed by atoms with E-state index < -0.39 is 0 Å². The molecule has 3 nitrogen and oxygen atoms in total. The Morgan fingerprint density at radius 2 is 2.32 bits per heavy atom. The van der Waals surface area contributed by atoms with Crippen LogP contribution in [0, 0.1) is 0 Å². The normalized spacial score (nSPS) is 15.1. The maximum Gasteiger partial charge on any atom is 0.0953 e. The van der Waals surface area contributed by atoms with Crippen LogP contribution >= 0.6 is 0 Å². The van der Waals surface area contributed by atoms with Gasteiger partial charge in [-0.05, 0) is 25.3 Å². The molecule has 0 saturated carbocycles. The molecule has 0 bridgehead atoms. The summed E-state index contributed by atoms with van der Waals surface area (Å²) >= 11 is 0. The second-order valence-corrected chi connectivity index (χ2v) is 5.34. The molecule has 0 amide bonds. The molecule has 19 heavy (non-hydrogen) atoms. The van der Waals surface area contributed by atoms with E-state index in [0.29, 0.717) is 6.04 Å². The van der Waals surface area contributed by atoms with Crippen LogP contribution < -0.4 is 5.32 Å². The monoisotopic (exact) mass is 255 g/mol. The zero-order valence-corrected chi connectivity index (χ0v) is 11.7. The van der Waals surface area contributed by atoms with Crippen LogP contribution in [-0.2, 0) is 6.42 Å². The number of benzene rings is 1. The van der Waals surface area contributed by atoms with Crippen LogP contribution in [-0.4, -0.2) is 16.1 Å². The molecule has 3 rings (SSSR count). The molecule has 0 aliphatic carbocycles. The van der Waals surface area contributed by atoms with E-state index in [1.165, 1.54) is 35.3 Å². The summed E-state index contributed by atoms with van der Waals surface area (Å²) < 4.78 is 2.30. The maximum absolute atomic E-state index is 4.36. The summed E-state index contributed by atoms with van der Waals surface area (Å²) in [6.45, 7) is 5.55. The first-order chi connectivity index (χ1) is 9.31. The lowest BCUT2D eigenvalue weighted by Crippen LogP contribution is -2.06. The largest absolute Gasteiger partial charge is 0.384 e. The molecular formula is C16H21N3. The Hall–Kier alpha value is -1.77. The molecule has 1 aromatic carbocycles. The summed E-state index contributed by atoms with van der Waals surface area (Å²) in [5.41, 5.74) is 5.24. The third-order valence-corrected chi connectivity index (χ3v) is 3.97. The smallest absolute Gasteiger partial charge is 0.0953 e. The van der Waals surface area contributed by atoms with Crippen LogP contribution in [0.3, 0.4) is 0 Å². The highest BCUT2D eigenvalue weighted by Gasteiger charge is 2.18. The van der Waals surface area contributed by atoms with Gasteiger partial charge in [-0.1, -0.05) is 31.5 Å².